The van der Waals surface area contributed by atoms with Gasteiger partial charge in [0.25, 0.3) is 0 Å². The van der Waals surface area contributed by atoms with Crippen molar-refractivity contribution in [3.05, 3.63) is 0 Å². The van der Waals surface area contributed by atoms with Crippen LogP contribution in [-0.4, -0.2) is 5.28 Å². The first kappa shape index (κ1) is 8.35. The van der Waals surface area contributed by atoms with E-state index >= 15 is 0 Å². The van der Waals surface area contributed by atoms with Crippen molar-refractivity contribution in [2.24, 2.45) is 5.84 Å². The molecule has 3 N–H and O–H groups in total. The average molecular weight is 134 g/mol. The molecule has 0 bridgehead atoms. The van der Waals surface area contributed by atoms with Crippen LogP contribution in [0.2, 0.25) is 0 Å². The summed E-state index contributed by atoms with van der Waals surface area (Å²) in [5.74, 6) is 5.26. The van der Waals surface area contributed by atoms with E-state index in [-0.39, 0.29) is 5.28 Å². The summed E-state index contributed by atoms with van der Waals surface area (Å²) in [6, 6.07) is 0. The van der Waals surface area contributed by atoms with Gasteiger partial charge in [0.1, 0.15) is 0 Å². The van der Waals surface area contributed by atoms with Crippen LogP contribution >= 0.6 is 9.24 Å². The maximum atomic E-state index is 5.26. The number of rotatable bonds is 3. The largest absolute Gasteiger partial charge is 0.271 e. The van der Waals surface area contributed by atoms with Gasteiger partial charge in [0, 0.05) is 5.28 Å². The van der Waals surface area contributed by atoms with Crippen LogP contribution in [0.15, 0.2) is 0 Å². The number of hydrazine groups is 1. The molecule has 0 aliphatic rings. The van der Waals surface area contributed by atoms with Gasteiger partial charge in [-0.05, 0) is 12.8 Å². The molecule has 0 fully saturated rings. The van der Waals surface area contributed by atoms with E-state index in [0.29, 0.717) is 0 Å². The molecule has 0 aliphatic carbocycles. The Morgan fingerprint density at radius 2 is 1.88 bits per heavy atom. The molecule has 1 unspecified atom stereocenters. The van der Waals surface area contributed by atoms with Gasteiger partial charge in [-0.1, -0.05) is 13.8 Å². The second-order valence-corrected chi connectivity index (χ2v) is 3.11. The van der Waals surface area contributed by atoms with Gasteiger partial charge < -0.3 is 0 Å². The van der Waals surface area contributed by atoms with Crippen molar-refractivity contribution in [3.8, 4) is 0 Å². The highest BCUT2D eigenvalue weighted by atomic mass is 31.0. The number of hydrogen-bond acceptors (Lipinski definition) is 2. The Bertz CT molecular complexity index is 53.2. The molecule has 0 amide bonds. The van der Waals surface area contributed by atoms with Crippen LogP contribution in [-0.2, 0) is 0 Å². The third-order valence-corrected chi connectivity index (χ3v) is 2.53. The SMILES string of the molecule is CCC(P)(CC)NN. The lowest BCUT2D eigenvalue weighted by atomic mass is 10.2. The highest BCUT2D eigenvalue weighted by Crippen LogP contribution is 2.20. The van der Waals surface area contributed by atoms with Crippen molar-refractivity contribution in [2.45, 2.75) is 32.0 Å². The van der Waals surface area contributed by atoms with Crippen LogP contribution in [0.4, 0.5) is 0 Å². The summed E-state index contributed by atoms with van der Waals surface area (Å²) in [7, 11) is 2.71. The van der Waals surface area contributed by atoms with Crippen LogP contribution in [0.5, 0.6) is 0 Å². The normalized spacial score (nSPS) is 12.0. The molecule has 0 saturated heterocycles. The molecule has 50 valence electrons. The first-order chi connectivity index (χ1) is 3.68. The monoisotopic (exact) mass is 134 g/mol. The maximum Gasteiger partial charge on any atom is 0.0453 e. The lowest BCUT2D eigenvalue weighted by Crippen LogP contribution is -2.42. The molecule has 0 saturated carbocycles. The van der Waals surface area contributed by atoms with E-state index < -0.39 is 0 Å². The second-order valence-electron chi connectivity index (χ2n) is 2.01. The molecule has 0 aromatic carbocycles. The fraction of sp³-hybridized carbons (Fsp3) is 1.00. The van der Waals surface area contributed by atoms with Gasteiger partial charge in [-0.15, -0.1) is 9.24 Å². The summed E-state index contributed by atoms with van der Waals surface area (Å²) in [4.78, 5) is 0. The van der Waals surface area contributed by atoms with E-state index in [1.54, 1.807) is 0 Å². The van der Waals surface area contributed by atoms with Crippen molar-refractivity contribution in [1.29, 1.82) is 0 Å². The Balaban J connectivity index is 3.58. The number of nitrogens with two attached hydrogens (primary N) is 1. The fourth-order valence-corrected chi connectivity index (χ4v) is 0.454. The summed E-state index contributed by atoms with van der Waals surface area (Å²) in [6.07, 6.45) is 2.09. The van der Waals surface area contributed by atoms with Crippen LogP contribution < -0.4 is 11.3 Å². The van der Waals surface area contributed by atoms with Gasteiger partial charge in [-0.25, -0.2) is 0 Å². The zero-order chi connectivity index (χ0) is 6.62. The summed E-state index contributed by atoms with van der Waals surface area (Å²) >= 11 is 0. The zero-order valence-electron chi connectivity index (χ0n) is 5.57. The van der Waals surface area contributed by atoms with Crippen molar-refractivity contribution in [1.82, 2.24) is 5.43 Å². The second kappa shape index (κ2) is 3.39. The van der Waals surface area contributed by atoms with Gasteiger partial charge >= 0.3 is 0 Å². The van der Waals surface area contributed by atoms with Crippen LogP contribution in [0.25, 0.3) is 0 Å². The topological polar surface area (TPSA) is 38.0 Å². The lowest BCUT2D eigenvalue weighted by molar-refractivity contribution is 0.450. The molecule has 8 heavy (non-hydrogen) atoms. The minimum atomic E-state index is 0.0694. The summed E-state index contributed by atoms with van der Waals surface area (Å²) in [6.45, 7) is 4.22. The maximum absolute atomic E-state index is 5.26. The molecule has 0 aromatic rings. The van der Waals surface area contributed by atoms with Crippen LogP contribution in [0.1, 0.15) is 26.7 Å². The third kappa shape index (κ3) is 2.08. The average Bonchev–Trinajstić information content (AvgIpc) is 1.87. The molecule has 0 radical (unpaired) electrons. The Kier molecular flexibility index (Phi) is 3.54. The molecule has 0 spiro atoms. The summed E-state index contributed by atoms with van der Waals surface area (Å²) < 4.78 is 0. The molecule has 1 atom stereocenters. The van der Waals surface area contributed by atoms with Gasteiger partial charge in [-0.3, -0.25) is 11.3 Å². The Morgan fingerprint density at radius 3 is 1.88 bits per heavy atom. The van der Waals surface area contributed by atoms with Crippen molar-refractivity contribution in [2.75, 3.05) is 0 Å². The Labute approximate surface area is 53.4 Å². The molecule has 0 heterocycles. The minimum Gasteiger partial charge on any atom is -0.271 e. The number of hydrogen-bond donors (Lipinski definition) is 2. The van der Waals surface area contributed by atoms with E-state index in [1.807, 2.05) is 0 Å². The smallest absolute Gasteiger partial charge is 0.0453 e. The first-order valence-electron chi connectivity index (χ1n) is 2.95. The van der Waals surface area contributed by atoms with Crippen LogP contribution in [0, 0.1) is 0 Å². The minimum absolute atomic E-state index is 0.0694. The third-order valence-electron chi connectivity index (χ3n) is 1.55. The van der Waals surface area contributed by atoms with Crippen molar-refractivity contribution in [3.63, 3.8) is 0 Å². The highest BCUT2D eigenvalue weighted by molar-refractivity contribution is 7.18. The van der Waals surface area contributed by atoms with Crippen LogP contribution in [0.3, 0.4) is 0 Å². The predicted molar refractivity (Wildman–Crippen MR) is 40.3 cm³/mol. The van der Waals surface area contributed by atoms with E-state index in [2.05, 4.69) is 28.5 Å². The molecule has 3 heteroatoms. The Hall–Kier alpha value is 0.350. The van der Waals surface area contributed by atoms with Crippen molar-refractivity contribution >= 4 is 9.24 Å². The molecular weight excluding hydrogens is 119 g/mol. The number of nitrogens with one attached hydrogen (secondary N) is 1. The van der Waals surface area contributed by atoms with E-state index in [1.165, 1.54) is 0 Å². The zero-order valence-corrected chi connectivity index (χ0v) is 6.72. The molecule has 0 rings (SSSR count). The molecule has 2 nitrogen and oxygen atoms in total. The standard InChI is InChI=1S/C5H15N2P/c1-3-5(8,4-2)7-6/h7H,3-4,6,8H2,1-2H3. The quantitative estimate of drug-likeness (QED) is 0.341. The Morgan fingerprint density at radius 1 is 1.50 bits per heavy atom. The van der Waals surface area contributed by atoms with E-state index in [0.717, 1.165) is 12.8 Å². The molecule has 0 aliphatic heterocycles. The predicted octanol–water partition coefficient (Wildman–Crippen LogP) is 0.841. The van der Waals surface area contributed by atoms with E-state index in [9.17, 15) is 0 Å². The van der Waals surface area contributed by atoms with Gasteiger partial charge in [-0.2, -0.15) is 0 Å². The fourth-order valence-electron chi connectivity index (χ4n) is 0.454. The van der Waals surface area contributed by atoms with Gasteiger partial charge in [0.15, 0.2) is 0 Å². The van der Waals surface area contributed by atoms with Gasteiger partial charge in [0.2, 0.25) is 0 Å². The highest BCUT2D eigenvalue weighted by Gasteiger charge is 2.15. The summed E-state index contributed by atoms with van der Waals surface area (Å²) in [5, 5.41) is 0.0694. The first-order valence-corrected chi connectivity index (χ1v) is 3.53. The lowest BCUT2D eigenvalue weighted by Gasteiger charge is -2.24. The van der Waals surface area contributed by atoms with E-state index in [4.69, 9.17) is 5.84 Å². The summed E-state index contributed by atoms with van der Waals surface area (Å²) in [5.41, 5.74) is 2.74. The molecule has 0 aromatic heterocycles. The van der Waals surface area contributed by atoms with Gasteiger partial charge in [0.05, 0.1) is 0 Å². The molecular formula is C5H15N2P. The van der Waals surface area contributed by atoms with Crippen molar-refractivity contribution < 1.29 is 0 Å².